The van der Waals surface area contributed by atoms with E-state index in [2.05, 4.69) is 22.5 Å². The van der Waals surface area contributed by atoms with Crippen LogP contribution in [0.15, 0.2) is 96.4 Å². The van der Waals surface area contributed by atoms with Crippen molar-refractivity contribution in [1.29, 1.82) is 0 Å². The number of sulfonamides is 1. The van der Waals surface area contributed by atoms with Crippen LogP contribution in [0.25, 0.3) is 22.2 Å². The molecule has 334 valence electrons. The molecule has 1 saturated heterocycles. The highest BCUT2D eigenvalue weighted by Gasteiger charge is 2.60. The van der Waals surface area contributed by atoms with Crippen LogP contribution in [0.4, 0.5) is 4.79 Å². The molecule has 1 saturated carbocycles. The summed E-state index contributed by atoms with van der Waals surface area (Å²) in [6.45, 7) is 8.80. The number of nitrogens with two attached hydrogens (primary N) is 1. The zero-order chi connectivity index (χ0) is 45.7. The van der Waals surface area contributed by atoms with Crippen LogP contribution in [0.3, 0.4) is 0 Å². The summed E-state index contributed by atoms with van der Waals surface area (Å²) in [5, 5.41) is 8.88. The maximum Gasteiger partial charge on any atom is 0.408 e. The van der Waals surface area contributed by atoms with Crippen LogP contribution in [0, 0.1) is 5.92 Å². The van der Waals surface area contributed by atoms with Crippen molar-refractivity contribution < 1.29 is 46.6 Å². The molecular weight excluding hydrogens is 852 g/mol. The number of aromatic nitrogens is 1. The maximum absolute atomic E-state index is 14.5. The van der Waals surface area contributed by atoms with Crippen LogP contribution in [-0.4, -0.2) is 103 Å². The van der Waals surface area contributed by atoms with Gasteiger partial charge in [0.15, 0.2) is 5.78 Å². The summed E-state index contributed by atoms with van der Waals surface area (Å²) in [5.74, 6) is -2.55. The number of alkyl halides is 1. The molecule has 0 radical (unpaired) electrons. The number of nitrogens with one attached hydrogen (secondary N) is 3. The summed E-state index contributed by atoms with van der Waals surface area (Å²) < 4.78 is 46.4. The van der Waals surface area contributed by atoms with Gasteiger partial charge in [0.2, 0.25) is 5.91 Å². The molecule has 2 aliphatic rings. The molecule has 1 unspecified atom stereocenters. The molecular formula is C45H51ClN6O10S. The molecule has 2 fully saturated rings. The molecule has 1 aliphatic heterocycles. The Hall–Kier alpha value is -5.88. The van der Waals surface area contributed by atoms with E-state index in [0.717, 1.165) is 17.7 Å². The number of amides is 4. The van der Waals surface area contributed by atoms with E-state index < -0.39 is 73.9 Å². The van der Waals surface area contributed by atoms with E-state index in [4.69, 9.17) is 36.5 Å². The molecule has 0 spiro atoms. The number of ether oxygens (including phenoxy) is 3. The Kier molecular flexibility index (Phi) is 14.2. The number of imide groups is 1. The average molecular weight is 903 g/mol. The van der Waals surface area contributed by atoms with Gasteiger partial charge in [0.05, 0.1) is 35.3 Å². The summed E-state index contributed by atoms with van der Waals surface area (Å²) in [6.07, 6.45) is 0.0108. The van der Waals surface area contributed by atoms with Gasteiger partial charge in [-0.2, -0.15) is 4.31 Å². The minimum absolute atomic E-state index is 0.00428. The number of pyridine rings is 1. The minimum atomic E-state index is -4.93. The molecule has 16 nitrogen and oxygen atoms in total. The van der Waals surface area contributed by atoms with Crippen LogP contribution in [0.5, 0.6) is 11.5 Å². The summed E-state index contributed by atoms with van der Waals surface area (Å²) in [7, 11) is -3.38. The first-order chi connectivity index (χ1) is 29.9. The predicted molar refractivity (Wildman–Crippen MR) is 236 cm³/mol. The second-order valence-corrected chi connectivity index (χ2v) is 18.5. The normalized spacial score (nSPS) is 19.9. The fourth-order valence-electron chi connectivity index (χ4n) is 7.17. The second kappa shape index (κ2) is 19.2. The molecule has 0 bridgehead atoms. The van der Waals surface area contributed by atoms with Crippen LogP contribution in [0.1, 0.15) is 56.8 Å². The number of ketones is 1. The predicted octanol–water partition coefficient (Wildman–Crippen LogP) is 4.88. The van der Waals surface area contributed by atoms with Gasteiger partial charge in [-0.15, -0.1) is 18.2 Å². The first-order valence-corrected chi connectivity index (χ1v) is 22.3. The lowest BCUT2D eigenvalue weighted by Gasteiger charge is -2.26. The van der Waals surface area contributed by atoms with E-state index in [-0.39, 0.29) is 60.4 Å². The quantitative estimate of drug-likeness (QED) is 0.0481. The Morgan fingerprint density at radius 2 is 1.78 bits per heavy atom. The number of nitrogens with zero attached hydrogens (tertiary/aromatic N) is 2. The Labute approximate surface area is 370 Å². The molecule has 4 amide bonds. The molecule has 4 aromatic rings. The van der Waals surface area contributed by atoms with E-state index in [1.165, 1.54) is 18.2 Å². The second-order valence-electron chi connectivity index (χ2n) is 16.4. The Morgan fingerprint density at radius 1 is 1.06 bits per heavy atom. The van der Waals surface area contributed by atoms with Crippen molar-refractivity contribution in [1.82, 2.24) is 25.2 Å². The van der Waals surface area contributed by atoms with Crippen LogP contribution < -0.4 is 31.2 Å². The first-order valence-electron chi connectivity index (χ1n) is 20.3. The van der Waals surface area contributed by atoms with Gasteiger partial charge >= 0.3 is 6.09 Å². The van der Waals surface area contributed by atoms with Crippen molar-refractivity contribution >= 4 is 62.1 Å². The smallest absolute Gasteiger partial charge is 0.408 e. The van der Waals surface area contributed by atoms with Gasteiger partial charge in [-0.25, -0.2) is 18.2 Å². The summed E-state index contributed by atoms with van der Waals surface area (Å²) in [6, 6.07) is 18.9. The third-order valence-electron chi connectivity index (χ3n) is 10.6. The Morgan fingerprint density at radius 3 is 2.41 bits per heavy atom. The van der Waals surface area contributed by atoms with Crippen LogP contribution in [-0.2, 0) is 29.1 Å². The SMILES string of the molecule is C=C[C@@H]1C[C@]1(N)C(=O)N(C(=O)[C@@H]1C[C@@H](Oc2cc(-c3ccccc3)nc3cc(OC)ccc23)CN1)S(=O)(=O)c1ccc(C(=O)C(CCNC(=O)CCCl)NC(=O)OC(C)(C)C)cc1. The fourth-order valence-corrected chi connectivity index (χ4v) is 8.78. The number of alkyl carbamates (subject to hydrolysis) is 1. The molecule has 2 heterocycles. The fraction of sp³-hybridized carbons (Fsp3) is 0.378. The van der Waals surface area contributed by atoms with Gasteiger partial charge < -0.3 is 35.9 Å². The van der Waals surface area contributed by atoms with Crippen molar-refractivity contribution in [2.24, 2.45) is 11.7 Å². The largest absolute Gasteiger partial charge is 0.497 e. The van der Waals surface area contributed by atoms with Gasteiger partial charge in [0, 0.05) is 66.4 Å². The molecule has 5 atom stereocenters. The van der Waals surface area contributed by atoms with E-state index in [0.29, 0.717) is 28.1 Å². The number of halogens is 1. The van der Waals surface area contributed by atoms with Crippen LogP contribution in [0.2, 0.25) is 0 Å². The molecule has 63 heavy (non-hydrogen) atoms. The van der Waals surface area contributed by atoms with Gasteiger partial charge in [0.25, 0.3) is 21.8 Å². The lowest BCUT2D eigenvalue weighted by molar-refractivity contribution is -0.141. The van der Waals surface area contributed by atoms with Gasteiger partial charge in [-0.3, -0.25) is 19.2 Å². The zero-order valence-electron chi connectivity index (χ0n) is 35.4. The summed E-state index contributed by atoms with van der Waals surface area (Å²) in [4.78, 5) is 71.4. The molecule has 18 heteroatoms. The van der Waals surface area contributed by atoms with E-state index in [1.807, 2.05) is 36.4 Å². The number of methoxy groups -OCH3 is 1. The zero-order valence-corrected chi connectivity index (χ0v) is 37.0. The number of Topliss-reactive ketones (excluding diaryl/α,β-unsaturated/α-hetero) is 1. The molecule has 1 aliphatic carbocycles. The van der Waals surface area contributed by atoms with Crippen LogP contribution >= 0.6 is 11.6 Å². The Balaban J connectivity index is 1.24. The number of hydrogen-bond donors (Lipinski definition) is 4. The highest BCUT2D eigenvalue weighted by Crippen LogP contribution is 2.44. The van der Waals surface area contributed by atoms with Gasteiger partial charge in [-0.05, 0) is 70.0 Å². The first kappa shape index (κ1) is 46.6. The van der Waals surface area contributed by atoms with E-state index in [9.17, 15) is 32.4 Å². The Bertz CT molecular complexity index is 2500. The minimum Gasteiger partial charge on any atom is -0.497 e. The van der Waals surface area contributed by atoms with Crippen molar-refractivity contribution in [3.8, 4) is 22.8 Å². The number of hydrogen-bond acceptors (Lipinski definition) is 13. The molecule has 1 aromatic heterocycles. The highest BCUT2D eigenvalue weighted by atomic mass is 35.5. The van der Waals surface area contributed by atoms with E-state index in [1.54, 1.807) is 46.1 Å². The third kappa shape index (κ3) is 10.8. The molecule has 5 N–H and O–H groups in total. The molecule has 3 aromatic carbocycles. The summed E-state index contributed by atoms with van der Waals surface area (Å²) in [5.41, 5.74) is 5.91. The molecule has 6 rings (SSSR count). The lowest BCUT2D eigenvalue weighted by atomic mass is 10.0. The van der Waals surface area contributed by atoms with E-state index >= 15 is 0 Å². The third-order valence-corrected chi connectivity index (χ3v) is 12.5. The number of rotatable bonds is 17. The number of fused-ring (bicyclic) bond motifs is 1. The van der Waals surface area contributed by atoms with Crippen molar-refractivity contribution in [3.05, 3.63) is 97.1 Å². The summed E-state index contributed by atoms with van der Waals surface area (Å²) >= 11 is 5.65. The number of carbonyl (C=O) groups is 5. The van der Waals surface area contributed by atoms with Crippen molar-refractivity contribution in [3.63, 3.8) is 0 Å². The highest BCUT2D eigenvalue weighted by molar-refractivity contribution is 7.90. The van der Waals surface area contributed by atoms with Crippen molar-refractivity contribution in [2.75, 3.05) is 26.1 Å². The van der Waals surface area contributed by atoms with Crippen molar-refractivity contribution in [2.45, 2.75) is 80.7 Å². The lowest BCUT2D eigenvalue weighted by Crippen LogP contribution is -2.56. The topological polar surface area (TPSA) is 225 Å². The standard InChI is InChI=1S/C45H51ClN6O10S/c1-6-29-25-45(29,47)42(56)52(63(58,59)32-15-12-28(13-16-32)40(54)34(19-21-48-39(53)18-20-46)51-43(57)62-44(2,3)4)41(55)37-23-31(26-49-37)61-38-24-35(27-10-8-7-9-11-27)50-36-22-30(60-5)14-17-33(36)38/h6-17,22,24,29,31,34,37,49H,1,18-21,23,25-26,47H2,2-5H3,(H,48,53)(H,51,57)/t29-,31-,34?,37+,45-/m1/s1. The van der Waals surface area contributed by atoms with Gasteiger partial charge in [0.1, 0.15) is 28.7 Å². The van der Waals surface area contributed by atoms with Gasteiger partial charge in [-0.1, -0.05) is 36.4 Å². The number of carbonyl (C=O) groups excluding carboxylic acids is 5. The monoisotopic (exact) mass is 902 g/mol. The maximum atomic E-state index is 14.5. The average Bonchev–Trinajstić information content (AvgIpc) is 3.72. The number of benzene rings is 3.